The van der Waals surface area contributed by atoms with E-state index in [1.54, 1.807) is 0 Å². The van der Waals surface area contributed by atoms with Crippen LogP contribution in [0.2, 0.25) is 0 Å². The van der Waals surface area contributed by atoms with Gasteiger partial charge >= 0.3 is 11.9 Å². The van der Waals surface area contributed by atoms with E-state index in [2.05, 4.69) is 280 Å². The van der Waals surface area contributed by atoms with Gasteiger partial charge in [0.25, 0.3) is 0 Å². The van der Waals surface area contributed by atoms with Crippen LogP contribution in [0.1, 0.15) is 86.1 Å². The van der Waals surface area contributed by atoms with E-state index in [4.69, 9.17) is 29.3 Å². The van der Waals surface area contributed by atoms with Crippen LogP contribution < -0.4 is 0 Å². The van der Waals surface area contributed by atoms with Crippen LogP contribution >= 0.6 is 0 Å². The third kappa shape index (κ3) is 21.5. The van der Waals surface area contributed by atoms with Gasteiger partial charge in [-0.1, -0.05) is 270 Å². The zero-order valence-electron chi connectivity index (χ0n) is 53.3. The molecule has 4 aliphatic carbocycles. The van der Waals surface area contributed by atoms with Crippen LogP contribution in [0.15, 0.2) is 253 Å². The Bertz CT molecular complexity index is 2850. The summed E-state index contributed by atoms with van der Waals surface area (Å²) in [7, 11) is 0. The van der Waals surface area contributed by atoms with Crippen molar-refractivity contribution in [3.63, 3.8) is 0 Å². The van der Waals surface area contributed by atoms with Gasteiger partial charge in [-0.2, -0.15) is 0 Å². The van der Waals surface area contributed by atoms with Crippen LogP contribution in [0.25, 0.3) is 0 Å². The van der Waals surface area contributed by atoms with E-state index in [-0.39, 0.29) is 74.4 Å². The second-order valence-corrected chi connectivity index (χ2v) is 22.5. The monoisotopic (exact) mass is 1520 g/mol. The van der Waals surface area contributed by atoms with E-state index < -0.39 is 11.9 Å². The Kier molecular flexibility index (Phi) is 33.9. The van der Waals surface area contributed by atoms with Crippen molar-refractivity contribution in [3.05, 3.63) is 398 Å². The Morgan fingerprint density at radius 3 is 0.606 bits per heavy atom. The molecule has 20 radical (unpaired) electrons. The topological polar surface area (TPSA) is 123 Å². The Balaban J connectivity index is 0.000000226. The Morgan fingerprint density at radius 1 is 0.330 bits per heavy atom. The number of benzene rings is 8. The maximum Gasteiger partial charge on any atom is 0.512 e. The van der Waals surface area contributed by atoms with Gasteiger partial charge in [0.1, 0.15) is 13.2 Å². The Morgan fingerprint density at radius 2 is 0.479 bits per heavy atom. The molecule has 8 nitrogen and oxygen atoms in total. The molecule has 0 unspecified atom stereocenters. The number of nitrogens with zero attached hydrogens (tertiary/aromatic N) is 2. The maximum atomic E-state index is 9.11. The van der Waals surface area contributed by atoms with Gasteiger partial charge in [-0.3, -0.25) is 0 Å². The van der Waals surface area contributed by atoms with E-state index in [0.717, 1.165) is 36.8 Å². The van der Waals surface area contributed by atoms with Crippen molar-refractivity contribution in [2.24, 2.45) is 21.8 Å². The van der Waals surface area contributed by atoms with Crippen molar-refractivity contribution in [2.75, 3.05) is 13.2 Å². The summed E-state index contributed by atoms with van der Waals surface area (Å²) in [5.74, 6) is 14.4. The molecule has 0 bridgehead atoms. The summed E-state index contributed by atoms with van der Waals surface area (Å²) < 4.78 is 11.0. The Labute approximate surface area is 608 Å². The van der Waals surface area contributed by atoms with E-state index in [1.807, 2.05) is 51.4 Å². The average Bonchev–Trinajstić information content (AvgIpc) is 0.885. The molecular formula is C82H78Co2N2O6Pd2+2. The summed E-state index contributed by atoms with van der Waals surface area (Å²) in [5.41, 5.74) is 10.1. The fraction of sp³-hybridized carbons (Fsp3) is 0.146. The molecule has 2 aliphatic heterocycles. The zero-order chi connectivity index (χ0) is 63.2. The molecule has 0 spiro atoms. The number of ether oxygens (including phenoxy) is 2. The molecule has 0 amide bonds. The molecule has 2 heterocycles. The van der Waals surface area contributed by atoms with Crippen LogP contribution in [0.5, 0.6) is 0 Å². The summed E-state index contributed by atoms with van der Waals surface area (Å²) in [6.45, 7) is 12.5. The average molecular weight is 1520 g/mol. The zero-order valence-corrected chi connectivity index (χ0v) is 58.5. The van der Waals surface area contributed by atoms with E-state index in [1.165, 1.54) is 106 Å². The summed E-state index contributed by atoms with van der Waals surface area (Å²) in [6, 6.07) is 86.6. The number of aliphatic imine (C=N–C) groups is 2. The molecule has 14 rings (SSSR count). The minimum absolute atomic E-state index is 0. The van der Waals surface area contributed by atoms with Crippen LogP contribution in [0.4, 0.5) is 0 Å². The van der Waals surface area contributed by atoms with Gasteiger partial charge < -0.3 is 19.7 Å². The van der Waals surface area contributed by atoms with Gasteiger partial charge in [0, 0.05) is 131 Å². The summed E-state index contributed by atoms with van der Waals surface area (Å²) in [4.78, 5) is 27.3. The molecule has 94 heavy (non-hydrogen) atoms. The van der Waals surface area contributed by atoms with E-state index >= 15 is 0 Å². The molecule has 2 atom stereocenters. The standard InChI is InChI=1S/2C28H20.2C11H14NO.2C2H4O2.2Co.2Pd/c2*1-5-13-21(14-6-1)25-26(22-15-7-2-8-16-22)28(24-19-11-4-12-20-24)27(25)23-17-9-3-10-18-23;2*1-8(2)10-7-13-11(12-10)9-5-3-4-6-9;2*1-2(3)4;;;;/h2*1-20H;2*3-6,8,10H,7H2,1-2H3;2*1H3,(H,3,4);;;;/p+2/t;;2*10-;;;;;;/m..00....../s1. The minimum Gasteiger partial charge on any atom is -0.565 e. The van der Waals surface area contributed by atoms with E-state index in [9.17, 15) is 0 Å². The van der Waals surface area contributed by atoms with Crippen molar-refractivity contribution < 1.29 is 104 Å². The third-order valence-electron chi connectivity index (χ3n) is 15.2. The second-order valence-electron chi connectivity index (χ2n) is 22.5. The molecule has 0 aromatic heterocycles. The predicted molar refractivity (Wildman–Crippen MR) is 364 cm³/mol. The summed E-state index contributed by atoms with van der Waals surface area (Å²) in [6.07, 6.45) is 16.1. The van der Waals surface area contributed by atoms with Gasteiger partial charge in [0.15, 0.2) is 11.8 Å². The van der Waals surface area contributed by atoms with Gasteiger partial charge in [-0.15, -0.1) is 0 Å². The van der Waals surface area contributed by atoms with Gasteiger partial charge in [0.2, 0.25) is 0 Å². The van der Waals surface area contributed by atoms with Gasteiger partial charge in [-0.05, 0) is 108 Å². The molecule has 12 heteroatoms. The third-order valence-corrected chi connectivity index (χ3v) is 15.2. The van der Waals surface area contributed by atoms with Crippen LogP contribution in [0, 0.1) is 122 Å². The second kappa shape index (κ2) is 40.5. The number of carbonyl (C=O) groups is 2. The fourth-order valence-electron chi connectivity index (χ4n) is 10.8. The minimum atomic E-state index is -0.583. The van der Waals surface area contributed by atoms with Gasteiger partial charge in [-0.25, -0.2) is 9.98 Å². The molecule has 488 valence electrons. The quantitative estimate of drug-likeness (QED) is 0.0893. The first-order chi connectivity index (χ1) is 43.9. The molecule has 4 fully saturated rings. The maximum absolute atomic E-state index is 9.11. The van der Waals surface area contributed by atoms with Crippen molar-refractivity contribution in [1.82, 2.24) is 0 Å². The number of rotatable bonds is 12. The largest absolute Gasteiger partial charge is 0.565 e. The Hall–Kier alpha value is -6.02. The predicted octanol–water partition coefficient (Wildman–Crippen LogP) is 15.2. The van der Waals surface area contributed by atoms with Gasteiger partial charge in [0.05, 0.1) is 37.8 Å². The summed E-state index contributed by atoms with van der Waals surface area (Å²) >= 11 is 0. The molecule has 4 saturated carbocycles. The van der Waals surface area contributed by atoms with Crippen molar-refractivity contribution >= 4 is 23.7 Å². The molecular weight excluding hydrogens is 1440 g/mol. The van der Waals surface area contributed by atoms with Crippen molar-refractivity contribution in [2.45, 2.75) is 53.6 Å². The van der Waals surface area contributed by atoms with Crippen molar-refractivity contribution in [3.8, 4) is 0 Å². The number of hydrogen-bond donors (Lipinski definition) is 0. The molecule has 6 aliphatic rings. The first-order valence-corrected chi connectivity index (χ1v) is 30.6. The number of hydrogen-bond acceptors (Lipinski definition) is 6. The van der Waals surface area contributed by atoms with Crippen LogP contribution in [-0.4, -0.2) is 59.2 Å². The smallest absolute Gasteiger partial charge is 0.512 e. The van der Waals surface area contributed by atoms with Crippen molar-refractivity contribution in [1.29, 1.82) is 0 Å². The molecule has 8 aromatic rings. The summed E-state index contributed by atoms with van der Waals surface area (Å²) in [5, 5.41) is 11.9. The fourth-order valence-corrected chi connectivity index (χ4v) is 10.8. The van der Waals surface area contributed by atoms with Crippen LogP contribution in [-0.2, 0) is 93.5 Å². The first kappa shape index (κ1) is 78.7. The number of carbonyl (C=O) groups excluding carboxylic acids is 2. The first-order valence-electron chi connectivity index (χ1n) is 30.6. The molecule has 0 saturated heterocycles. The SMILES string of the molecule is CC(=O)[OH2+].CC(=O)[OH2+].CC(C)[C@@H]1COC([C]2[CH][CH][CH][CH]2)=N1.CC(C)[C@@H]1COC([C]2[CH][CH][CH][CH]2)=N1.[Co].[Co].[Pd].[Pd].c1ccc([C]2[C](c3ccccc3)[C](c3ccccc3)[C]2c2ccccc2)cc1.c1ccc([C]2[C](c3ccccc3)[C](c3ccccc3)[C]2c2ccccc2)cc1. The molecule has 8 aromatic carbocycles. The van der Waals surface area contributed by atoms with Crippen LogP contribution in [0.3, 0.4) is 0 Å². The normalized spacial score (nSPS) is 18.2. The van der Waals surface area contributed by atoms with E-state index in [0.29, 0.717) is 23.9 Å². The molecule has 4 N–H and O–H groups in total.